The van der Waals surface area contributed by atoms with Gasteiger partial charge in [0.1, 0.15) is 0 Å². The summed E-state index contributed by atoms with van der Waals surface area (Å²) in [6.45, 7) is 7.05. The molecule has 0 saturated carbocycles. The molecule has 4 amide bonds. The summed E-state index contributed by atoms with van der Waals surface area (Å²) < 4.78 is 10.7. The van der Waals surface area contributed by atoms with Gasteiger partial charge in [-0.3, -0.25) is 43.3 Å². The topological polar surface area (TPSA) is 182 Å². The van der Waals surface area contributed by atoms with E-state index in [-0.39, 0.29) is 62.9 Å². The van der Waals surface area contributed by atoms with Crippen LogP contribution in [0.5, 0.6) is 0 Å². The van der Waals surface area contributed by atoms with Gasteiger partial charge in [0.2, 0.25) is 29.0 Å². The molecule has 236 valence electrons. The van der Waals surface area contributed by atoms with Crippen LogP contribution in [-0.4, -0.2) is 109 Å². The largest absolute Gasteiger partial charge is 0.379 e. The Morgan fingerprint density at radius 1 is 0.833 bits per heavy atom. The smallest absolute Gasteiger partial charge is 0.242 e. The Balaban J connectivity index is 2.27. The van der Waals surface area contributed by atoms with Crippen molar-refractivity contribution in [2.75, 3.05) is 51.8 Å². The lowest BCUT2D eigenvalue weighted by atomic mass is 9.72. The molecule has 1 aliphatic rings. The molecule has 1 atom stereocenters. The van der Waals surface area contributed by atoms with Crippen molar-refractivity contribution in [3.05, 3.63) is 0 Å². The van der Waals surface area contributed by atoms with Crippen LogP contribution in [0.3, 0.4) is 0 Å². The minimum atomic E-state index is -2.33. The number of rotatable bonds is 23. The van der Waals surface area contributed by atoms with E-state index in [1.165, 1.54) is 0 Å². The van der Waals surface area contributed by atoms with Gasteiger partial charge in [0.15, 0.2) is 23.1 Å². The van der Waals surface area contributed by atoms with Crippen molar-refractivity contribution < 1.29 is 47.8 Å². The van der Waals surface area contributed by atoms with E-state index in [1.807, 2.05) is 6.92 Å². The number of Topliss-reactive ketones (excluding diaryl/α,β-unsaturated/α-hetero) is 4. The summed E-state index contributed by atoms with van der Waals surface area (Å²) in [5, 5.41) is 4.68. The quantitative estimate of drug-likeness (QED) is 0.0925. The molecule has 0 aliphatic carbocycles. The molecule has 2 N–H and O–H groups in total. The highest BCUT2D eigenvalue weighted by molar-refractivity contribution is 8.00. The van der Waals surface area contributed by atoms with E-state index >= 15 is 0 Å². The molecular weight excluding hydrogens is 570 g/mol. The van der Waals surface area contributed by atoms with E-state index in [0.29, 0.717) is 26.4 Å². The molecule has 0 aromatic rings. The Morgan fingerprint density at radius 2 is 1.40 bits per heavy atom. The normalized spacial score (nSPS) is 15.0. The Kier molecular flexibility index (Phi) is 17.0. The number of carbonyl (C=O) groups is 8. The van der Waals surface area contributed by atoms with Crippen LogP contribution in [0.1, 0.15) is 66.2 Å². The first-order chi connectivity index (χ1) is 19.9. The summed E-state index contributed by atoms with van der Waals surface area (Å²) >= 11 is 1.03. The number of thioether (sulfide) groups is 1. The van der Waals surface area contributed by atoms with Crippen LogP contribution in [-0.2, 0) is 47.8 Å². The van der Waals surface area contributed by atoms with Gasteiger partial charge in [0.25, 0.3) is 0 Å². The van der Waals surface area contributed by atoms with Gasteiger partial charge in [0, 0.05) is 51.1 Å². The van der Waals surface area contributed by atoms with E-state index < -0.39 is 45.6 Å². The van der Waals surface area contributed by atoms with Crippen molar-refractivity contribution >= 4 is 58.5 Å². The van der Waals surface area contributed by atoms with Crippen LogP contribution in [0.25, 0.3) is 0 Å². The molecule has 13 nitrogen and oxygen atoms in total. The van der Waals surface area contributed by atoms with Gasteiger partial charge >= 0.3 is 0 Å². The van der Waals surface area contributed by atoms with Crippen molar-refractivity contribution in [2.45, 2.75) is 71.5 Å². The van der Waals surface area contributed by atoms with Crippen LogP contribution in [0, 0.1) is 5.41 Å². The number of nitrogens with one attached hydrogen (secondary N) is 2. The molecule has 42 heavy (non-hydrogen) atoms. The maximum Gasteiger partial charge on any atom is 0.242 e. The molecule has 0 spiro atoms. The lowest BCUT2D eigenvalue weighted by Crippen LogP contribution is -2.50. The minimum absolute atomic E-state index is 0.0336. The number of amides is 4. The van der Waals surface area contributed by atoms with Crippen LogP contribution in [0.15, 0.2) is 0 Å². The first kappa shape index (κ1) is 37.1. The lowest BCUT2D eigenvalue weighted by molar-refractivity contribution is -0.153. The summed E-state index contributed by atoms with van der Waals surface area (Å²) in [5.41, 5.74) is -2.33. The second-order valence-electron chi connectivity index (χ2n) is 9.82. The molecule has 1 rings (SSSR count). The third-order valence-electron chi connectivity index (χ3n) is 6.68. The number of ketones is 4. The van der Waals surface area contributed by atoms with Crippen LogP contribution in [0.2, 0.25) is 0 Å². The summed E-state index contributed by atoms with van der Waals surface area (Å²) in [6.07, 6.45) is 1.75. The second-order valence-corrected chi connectivity index (χ2v) is 11.1. The third-order valence-corrected chi connectivity index (χ3v) is 7.89. The van der Waals surface area contributed by atoms with Gasteiger partial charge < -0.3 is 20.1 Å². The van der Waals surface area contributed by atoms with E-state index in [0.717, 1.165) is 50.3 Å². The number of hydrogen-bond donors (Lipinski definition) is 2. The monoisotopic (exact) mass is 613 g/mol. The van der Waals surface area contributed by atoms with Crippen molar-refractivity contribution in [3.63, 3.8) is 0 Å². The number of carbonyl (C=O) groups excluding carboxylic acids is 8. The average Bonchev–Trinajstić information content (AvgIpc) is 3.18. The summed E-state index contributed by atoms with van der Waals surface area (Å²) in [5.74, 6) is -4.66. The van der Waals surface area contributed by atoms with E-state index in [2.05, 4.69) is 10.6 Å². The van der Waals surface area contributed by atoms with E-state index in [4.69, 9.17) is 9.47 Å². The zero-order chi connectivity index (χ0) is 31.7. The summed E-state index contributed by atoms with van der Waals surface area (Å²) in [7, 11) is 0. The molecule has 14 heteroatoms. The molecule has 0 aromatic carbocycles. The minimum Gasteiger partial charge on any atom is -0.379 e. The zero-order valence-corrected chi connectivity index (χ0v) is 25.7. The number of ether oxygens (including phenoxy) is 2. The van der Waals surface area contributed by atoms with Crippen molar-refractivity contribution in [2.24, 2.45) is 5.41 Å². The molecule has 0 radical (unpaired) electrons. The molecule has 1 unspecified atom stereocenters. The Hall–Kier alpha value is -2.97. The van der Waals surface area contributed by atoms with Crippen LogP contribution in [0.4, 0.5) is 0 Å². The molecular formula is C28H43N3O10S. The number of imide groups is 1. The highest BCUT2D eigenvalue weighted by atomic mass is 32.2. The first-order valence-electron chi connectivity index (χ1n) is 14.1. The number of unbranched alkanes of at least 4 members (excludes halogenated alkanes) is 1. The van der Waals surface area contributed by atoms with Crippen molar-refractivity contribution in [1.29, 1.82) is 0 Å². The summed E-state index contributed by atoms with van der Waals surface area (Å²) in [4.78, 5) is 98.5. The van der Waals surface area contributed by atoms with Crippen molar-refractivity contribution in [1.82, 2.24) is 15.5 Å². The highest BCUT2D eigenvalue weighted by Crippen LogP contribution is 2.29. The third kappa shape index (κ3) is 11.4. The highest BCUT2D eigenvalue weighted by Gasteiger charge is 2.51. The standard InChI is InChI=1S/C28H43N3O10S/c1-5-6-10-29-25(37)8-13-40-15-16-41-14-11-30-24(36)7-12-31-26(38)18-22(27(31)39)42-17-9-23(35)28(19(2)32,20(3)33)21(4)34/h22H,5-18H2,1-4H3,(H,29,37)(H,30,36). The fraction of sp³-hybridized carbons (Fsp3) is 0.714. The number of hydrogen-bond acceptors (Lipinski definition) is 11. The van der Waals surface area contributed by atoms with Crippen LogP contribution >= 0.6 is 11.8 Å². The Bertz CT molecular complexity index is 980. The van der Waals surface area contributed by atoms with Gasteiger partial charge in [-0.1, -0.05) is 13.3 Å². The van der Waals surface area contributed by atoms with Gasteiger partial charge in [-0.05, 0) is 27.2 Å². The zero-order valence-electron chi connectivity index (χ0n) is 24.9. The molecule has 1 saturated heterocycles. The summed E-state index contributed by atoms with van der Waals surface area (Å²) in [6, 6.07) is 0. The molecule has 0 bridgehead atoms. The molecule has 1 aliphatic heterocycles. The lowest BCUT2D eigenvalue weighted by Gasteiger charge is -2.24. The fourth-order valence-corrected chi connectivity index (χ4v) is 5.49. The van der Waals surface area contributed by atoms with E-state index in [9.17, 15) is 38.4 Å². The maximum atomic E-state index is 12.7. The molecule has 1 heterocycles. The predicted octanol–water partition coefficient (Wildman–Crippen LogP) is 0.406. The fourth-order valence-electron chi connectivity index (χ4n) is 4.38. The Morgan fingerprint density at radius 3 is 2.00 bits per heavy atom. The Labute approximate surface area is 250 Å². The second kappa shape index (κ2) is 19.3. The number of nitrogens with zero attached hydrogens (tertiary/aromatic N) is 1. The van der Waals surface area contributed by atoms with Gasteiger partial charge in [0.05, 0.1) is 31.7 Å². The molecule has 1 fully saturated rings. The number of likely N-dealkylation sites (tertiary alicyclic amines) is 1. The van der Waals surface area contributed by atoms with E-state index in [1.54, 1.807) is 0 Å². The van der Waals surface area contributed by atoms with Crippen molar-refractivity contribution in [3.8, 4) is 0 Å². The van der Waals surface area contributed by atoms with Crippen LogP contribution < -0.4 is 10.6 Å². The van der Waals surface area contributed by atoms with Gasteiger partial charge in [-0.2, -0.15) is 0 Å². The SMILES string of the molecule is CCCCNC(=O)CCOCCOCCNC(=O)CCN1C(=O)CC(SCCC(=O)C(C(C)=O)(C(C)=O)C(C)=O)C1=O. The van der Waals surface area contributed by atoms with Gasteiger partial charge in [-0.25, -0.2) is 0 Å². The van der Waals surface area contributed by atoms with Gasteiger partial charge in [-0.15, -0.1) is 11.8 Å². The first-order valence-corrected chi connectivity index (χ1v) is 15.1. The molecule has 0 aromatic heterocycles. The predicted molar refractivity (Wildman–Crippen MR) is 153 cm³/mol. The maximum absolute atomic E-state index is 12.7. The average molecular weight is 614 g/mol.